The van der Waals surface area contributed by atoms with Crippen LogP contribution in [0.2, 0.25) is 0 Å². The molecular formula is C18H23N3O3S. The Kier molecular flexibility index (Phi) is 5.63. The number of rotatable bonds is 5. The quantitative estimate of drug-likeness (QED) is 0.655. The van der Waals surface area contributed by atoms with Gasteiger partial charge >= 0.3 is 5.97 Å². The second-order valence-corrected chi connectivity index (χ2v) is 7.50. The number of para-hydroxylation sites is 2. The summed E-state index contributed by atoms with van der Waals surface area (Å²) in [7, 11) is 0. The fourth-order valence-electron chi connectivity index (χ4n) is 3.06. The van der Waals surface area contributed by atoms with Crippen molar-refractivity contribution in [1.82, 2.24) is 14.9 Å². The van der Waals surface area contributed by atoms with Crippen molar-refractivity contribution in [3.63, 3.8) is 0 Å². The van der Waals surface area contributed by atoms with Gasteiger partial charge in [0.05, 0.1) is 28.8 Å². The third-order valence-corrected chi connectivity index (χ3v) is 5.40. The van der Waals surface area contributed by atoms with Crippen LogP contribution in [-0.2, 0) is 14.3 Å². The largest absolute Gasteiger partial charge is 0.466 e. The summed E-state index contributed by atoms with van der Waals surface area (Å²) in [6.45, 7) is 5.33. The number of thioether (sulfide) groups is 1. The highest BCUT2D eigenvalue weighted by molar-refractivity contribution is 8.00. The van der Waals surface area contributed by atoms with Crippen LogP contribution in [0.3, 0.4) is 0 Å². The molecule has 0 spiro atoms. The minimum atomic E-state index is -0.222. The van der Waals surface area contributed by atoms with Crippen LogP contribution in [0.4, 0.5) is 0 Å². The summed E-state index contributed by atoms with van der Waals surface area (Å²) in [6.07, 6.45) is 1.35. The second-order valence-electron chi connectivity index (χ2n) is 6.17. The fraction of sp³-hybridized carbons (Fsp3) is 0.500. The van der Waals surface area contributed by atoms with E-state index in [2.05, 4.69) is 9.97 Å². The predicted octanol–water partition coefficient (Wildman–Crippen LogP) is 2.85. The molecule has 7 heteroatoms. The number of imidazole rings is 1. The standard InChI is InChI=1S/C18H23N3O3S/c1-3-24-17(23)13-8-10-21(11-9-13)16(22)12(2)25-18-19-14-6-4-5-7-15(14)20-18/h4-7,12-13H,3,8-11H2,1-2H3,(H,19,20). The highest BCUT2D eigenvalue weighted by Crippen LogP contribution is 2.26. The molecule has 0 saturated carbocycles. The Hall–Kier alpha value is -2.02. The summed E-state index contributed by atoms with van der Waals surface area (Å²) in [5.74, 6) is -0.130. The molecule has 1 atom stereocenters. The lowest BCUT2D eigenvalue weighted by Gasteiger charge is -2.32. The van der Waals surface area contributed by atoms with Crippen LogP contribution >= 0.6 is 11.8 Å². The molecule has 2 aromatic rings. The third kappa shape index (κ3) is 4.15. The van der Waals surface area contributed by atoms with E-state index in [9.17, 15) is 9.59 Å². The van der Waals surface area contributed by atoms with E-state index in [1.54, 1.807) is 0 Å². The van der Waals surface area contributed by atoms with E-state index in [0.717, 1.165) is 16.2 Å². The number of benzene rings is 1. The molecule has 0 radical (unpaired) electrons. The van der Waals surface area contributed by atoms with Crippen LogP contribution in [0.1, 0.15) is 26.7 Å². The summed E-state index contributed by atoms with van der Waals surface area (Å²) < 4.78 is 5.07. The van der Waals surface area contributed by atoms with Gasteiger partial charge in [-0.15, -0.1) is 0 Å². The number of aromatic nitrogens is 2. The lowest BCUT2D eigenvalue weighted by molar-refractivity contribution is -0.151. The molecule has 1 aromatic heterocycles. The average molecular weight is 361 g/mol. The highest BCUT2D eigenvalue weighted by atomic mass is 32.2. The van der Waals surface area contributed by atoms with Crippen LogP contribution in [0.15, 0.2) is 29.4 Å². The van der Waals surface area contributed by atoms with Gasteiger partial charge in [0, 0.05) is 13.1 Å². The number of nitrogens with zero attached hydrogens (tertiary/aromatic N) is 2. The van der Waals surface area contributed by atoms with E-state index in [-0.39, 0.29) is 23.0 Å². The van der Waals surface area contributed by atoms with Crippen LogP contribution in [0, 0.1) is 5.92 Å². The molecule has 25 heavy (non-hydrogen) atoms. The second kappa shape index (κ2) is 7.91. The Bertz CT molecular complexity index is 720. The van der Waals surface area contributed by atoms with Gasteiger partial charge in [0.25, 0.3) is 0 Å². The maximum Gasteiger partial charge on any atom is 0.309 e. The first-order chi connectivity index (χ1) is 12.1. The summed E-state index contributed by atoms with van der Waals surface area (Å²) in [4.78, 5) is 34.1. The van der Waals surface area contributed by atoms with Gasteiger partial charge in [-0.2, -0.15) is 0 Å². The highest BCUT2D eigenvalue weighted by Gasteiger charge is 2.30. The lowest BCUT2D eigenvalue weighted by Crippen LogP contribution is -2.43. The van der Waals surface area contributed by atoms with Gasteiger partial charge in [-0.25, -0.2) is 4.98 Å². The van der Waals surface area contributed by atoms with Gasteiger partial charge in [-0.05, 0) is 38.8 Å². The van der Waals surface area contributed by atoms with Gasteiger partial charge < -0.3 is 14.6 Å². The van der Waals surface area contributed by atoms with Crippen LogP contribution in [0.25, 0.3) is 11.0 Å². The average Bonchev–Trinajstić information content (AvgIpc) is 3.03. The van der Waals surface area contributed by atoms with E-state index in [1.165, 1.54) is 11.8 Å². The Morgan fingerprint density at radius 2 is 2.08 bits per heavy atom. The van der Waals surface area contributed by atoms with Crippen molar-refractivity contribution in [3.8, 4) is 0 Å². The predicted molar refractivity (Wildman–Crippen MR) is 97.3 cm³/mol. The van der Waals surface area contributed by atoms with Gasteiger partial charge in [-0.1, -0.05) is 23.9 Å². The van der Waals surface area contributed by atoms with Gasteiger partial charge in [0.15, 0.2) is 5.16 Å². The van der Waals surface area contributed by atoms with Crippen LogP contribution in [-0.4, -0.2) is 51.7 Å². The first kappa shape index (κ1) is 17.8. The zero-order valence-electron chi connectivity index (χ0n) is 14.5. The molecule has 1 aliphatic heterocycles. The van der Waals surface area contributed by atoms with E-state index in [4.69, 9.17) is 4.74 Å². The van der Waals surface area contributed by atoms with E-state index < -0.39 is 0 Å². The topological polar surface area (TPSA) is 75.3 Å². The molecule has 0 aliphatic carbocycles. The maximum absolute atomic E-state index is 12.7. The number of nitrogens with one attached hydrogen (secondary N) is 1. The lowest BCUT2D eigenvalue weighted by atomic mass is 9.97. The number of aromatic amines is 1. The molecule has 1 unspecified atom stereocenters. The number of hydrogen-bond acceptors (Lipinski definition) is 5. The molecule has 1 aromatic carbocycles. The van der Waals surface area contributed by atoms with E-state index in [0.29, 0.717) is 32.5 Å². The molecule has 1 N–H and O–H groups in total. The van der Waals surface area contributed by atoms with Crippen molar-refractivity contribution in [2.75, 3.05) is 19.7 Å². The number of piperidine rings is 1. The third-order valence-electron chi connectivity index (χ3n) is 4.43. The number of carbonyl (C=O) groups excluding carboxylic acids is 2. The summed E-state index contributed by atoms with van der Waals surface area (Å²) >= 11 is 1.44. The number of H-pyrrole nitrogens is 1. The van der Waals surface area contributed by atoms with Gasteiger partial charge in [0.2, 0.25) is 5.91 Å². The minimum Gasteiger partial charge on any atom is -0.466 e. The number of likely N-dealkylation sites (tertiary alicyclic amines) is 1. The first-order valence-electron chi connectivity index (χ1n) is 8.65. The molecule has 1 amide bonds. The Balaban J connectivity index is 1.55. The number of ether oxygens (including phenoxy) is 1. The Morgan fingerprint density at radius 1 is 1.36 bits per heavy atom. The van der Waals surface area contributed by atoms with Crippen molar-refractivity contribution in [2.24, 2.45) is 5.92 Å². The maximum atomic E-state index is 12.7. The fourth-order valence-corrected chi connectivity index (χ4v) is 3.96. The zero-order valence-corrected chi connectivity index (χ0v) is 15.3. The number of esters is 1. The minimum absolute atomic E-state index is 0.0812. The molecule has 3 rings (SSSR count). The summed E-state index contributed by atoms with van der Waals surface area (Å²) in [5, 5.41) is 0.531. The molecule has 1 fully saturated rings. The molecular weight excluding hydrogens is 338 g/mol. The van der Waals surface area contributed by atoms with Crippen molar-refractivity contribution in [2.45, 2.75) is 37.1 Å². The molecule has 1 saturated heterocycles. The smallest absolute Gasteiger partial charge is 0.309 e. The molecule has 134 valence electrons. The van der Waals surface area contributed by atoms with Crippen molar-refractivity contribution in [1.29, 1.82) is 0 Å². The normalized spacial score (nSPS) is 16.8. The number of fused-ring (bicyclic) bond motifs is 1. The van der Waals surface area contributed by atoms with E-state index in [1.807, 2.05) is 43.0 Å². The monoisotopic (exact) mass is 361 g/mol. The Morgan fingerprint density at radius 3 is 2.76 bits per heavy atom. The van der Waals surface area contributed by atoms with Gasteiger partial charge in [0.1, 0.15) is 0 Å². The number of carbonyl (C=O) groups is 2. The van der Waals surface area contributed by atoms with E-state index >= 15 is 0 Å². The van der Waals surface area contributed by atoms with Crippen LogP contribution < -0.4 is 0 Å². The van der Waals surface area contributed by atoms with Gasteiger partial charge in [-0.3, -0.25) is 9.59 Å². The van der Waals surface area contributed by atoms with Crippen LogP contribution in [0.5, 0.6) is 0 Å². The summed E-state index contributed by atoms with van der Waals surface area (Å²) in [5.41, 5.74) is 1.87. The number of hydrogen-bond donors (Lipinski definition) is 1. The molecule has 6 nitrogen and oxygen atoms in total. The molecule has 2 heterocycles. The molecule has 0 bridgehead atoms. The summed E-state index contributed by atoms with van der Waals surface area (Å²) in [6, 6.07) is 7.82. The van der Waals surface area contributed by atoms with Crippen molar-refractivity contribution < 1.29 is 14.3 Å². The zero-order chi connectivity index (χ0) is 17.8. The Labute approximate surface area is 151 Å². The number of amides is 1. The first-order valence-corrected chi connectivity index (χ1v) is 9.53. The molecule has 1 aliphatic rings. The SMILES string of the molecule is CCOC(=O)C1CCN(C(=O)C(C)Sc2nc3ccccc3[nH]2)CC1. The van der Waals surface area contributed by atoms with Crippen molar-refractivity contribution in [3.05, 3.63) is 24.3 Å². The van der Waals surface area contributed by atoms with Crippen molar-refractivity contribution >= 4 is 34.7 Å².